The third-order valence-electron chi connectivity index (χ3n) is 6.40. The summed E-state index contributed by atoms with van der Waals surface area (Å²) < 4.78 is 34.9. The quantitative estimate of drug-likeness (QED) is 0.448. The lowest BCUT2D eigenvalue weighted by Crippen LogP contribution is -2.30. The van der Waals surface area contributed by atoms with Crippen LogP contribution in [0.25, 0.3) is 28.1 Å². The Labute approximate surface area is 192 Å². The van der Waals surface area contributed by atoms with E-state index >= 15 is 4.39 Å². The first-order chi connectivity index (χ1) is 16.4. The minimum absolute atomic E-state index is 0.0494. The number of hydrogen-bond donors (Lipinski definition) is 1. The molecule has 1 N–H and O–H groups in total. The molecule has 0 spiro atoms. The zero-order valence-corrected chi connectivity index (χ0v) is 18.5. The summed E-state index contributed by atoms with van der Waals surface area (Å²) in [5.74, 6) is -0.329. The molecule has 1 aliphatic heterocycles. The van der Waals surface area contributed by atoms with E-state index in [4.69, 9.17) is 5.10 Å². The van der Waals surface area contributed by atoms with E-state index in [9.17, 15) is 9.18 Å². The molecular weight excluding hydrogens is 440 g/mol. The first kappa shape index (κ1) is 20.5. The van der Waals surface area contributed by atoms with E-state index in [1.54, 1.807) is 46.9 Å². The highest BCUT2D eigenvalue weighted by Crippen LogP contribution is 2.31. The molecule has 4 heterocycles. The van der Waals surface area contributed by atoms with Crippen LogP contribution in [0, 0.1) is 11.6 Å². The minimum atomic E-state index is -0.519. The molecule has 0 radical (unpaired) electrons. The largest absolute Gasteiger partial charge is 0.338 e. The van der Waals surface area contributed by atoms with E-state index < -0.39 is 11.5 Å². The van der Waals surface area contributed by atoms with Gasteiger partial charge in [-0.1, -0.05) is 0 Å². The third kappa shape index (κ3) is 2.95. The van der Waals surface area contributed by atoms with Crippen LogP contribution in [-0.2, 0) is 13.5 Å². The predicted octanol–water partition coefficient (Wildman–Crippen LogP) is 3.19. The Hall–Kier alpha value is -4.05. The van der Waals surface area contributed by atoms with Crippen molar-refractivity contribution < 1.29 is 8.78 Å². The monoisotopic (exact) mass is 461 g/mol. The van der Waals surface area contributed by atoms with Gasteiger partial charge in [0.05, 0.1) is 34.2 Å². The van der Waals surface area contributed by atoms with E-state index in [1.807, 2.05) is 6.92 Å². The predicted molar refractivity (Wildman–Crippen MR) is 123 cm³/mol. The topological polar surface area (TPSA) is 74.6 Å². The van der Waals surface area contributed by atoms with Crippen LogP contribution in [0.15, 0.2) is 59.8 Å². The van der Waals surface area contributed by atoms with Gasteiger partial charge in [0.1, 0.15) is 11.6 Å². The Balaban J connectivity index is 1.57. The molecule has 2 aromatic carbocycles. The number of fused-ring (bicyclic) bond motifs is 2. The fourth-order valence-electron chi connectivity index (χ4n) is 4.69. The zero-order valence-electron chi connectivity index (χ0n) is 18.5. The molecule has 0 amide bonds. The van der Waals surface area contributed by atoms with Crippen LogP contribution >= 0.6 is 0 Å². The van der Waals surface area contributed by atoms with Gasteiger partial charge in [0.25, 0.3) is 0 Å². The van der Waals surface area contributed by atoms with Crippen molar-refractivity contribution >= 4 is 10.9 Å². The number of halogens is 2. The summed E-state index contributed by atoms with van der Waals surface area (Å²) in [5.41, 5.74) is 2.72. The Morgan fingerprint density at radius 2 is 1.82 bits per heavy atom. The number of benzene rings is 2. The highest BCUT2D eigenvalue weighted by molar-refractivity contribution is 5.81. The van der Waals surface area contributed by atoms with E-state index in [0.717, 1.165) is 17.8 Å². The van der Waals surface area contributed by atoms with Crippen LogP contribution in [0.3, 0.4) is 0 Å². The second kappa shape index (κ2) is 7.49. The van der Waals surface area contributed by atoms with Crippen molar-refractivity contribution in [1.29, 1.82) is 0 Å². The third-order valence-corrected chi connectivity index (χ3v) is 6.40. The van der Waals surface area contributed by atoms with Gasteiger partial charge in [-0.05, 0) is 43.3 Å². The Bertz CT molecular complexity index is 1610. The minimum Gasteiger partial charge on any atom is -0.310 e. The lowest BCUT2D eigenvalue weighted by atomic mass is 10.0. The normalized spacial score (nSPS) is 15.7. The van der Waals surface area contributed by atoms with Crippen molar-refractivity contribution in [2.24, 2.45) is 7.05 Å². The van der Waals surface area contributed by atoms with Gasteiger partial charge in [-0.2, -0.15) is 10.2 Å². The fraction of sp³-hybridized carbons (Fsp3) is 0.208. The zero-order chi connectivity index (χ0) is 23.6. The summed E-state index contributed by atoms with van der Waals surface area (Å²) >= 11 is 0. The fourth-order valence-corrected chi connectivity index (χ4v) is 4.69. The molecule has 8 nitrogen and oxygen atoms in total. The van der Waals surface area contributed by atoms with Gasteiger partial charge >= 0.3 is 5.69 Å². The van der Waals surface area contributed by atoms with Crippen LogP contribution in [0.1, 0.15) is 24.2 Å². The summed E-state index contributed by atoms with van der Waals surface area (Å²) in [6.45, 7) is 2.77. The summed E-state index contributed by atoms with van der Waals surface area (Å²) in [6.07, 6.45) is 5.29. The number of nitrogens with one attached hydrogen (secondary N) is 1. The molecule has 0 unspecified atom stereocenters. The summed E-state index contributed by atoms with van der Waals surface area (Å²) in [4.78, 5) is 13.6. The number of aryl methyl sites for hydroxylation is 1. The molecule has 0 bridgehead atoms. The lowest BCUT2D eigenvalue weighted by molar-refractivity contribution is 0.536. The van der Waals surface area contributed by atoms with Gasteiger partial charge in [0, 0.05) is 44.0 Å². The molecule has 0 fully saturated rings. The molecule has 1 atom stereocenters. The van der Waals surface area contributed by atoms with Gasteiger partial charge in [-0.25, -0.2) is 18.3 Å². The molecule has 3 aromatic heterocycles. The molecule has 0 aliphatic carbocycles. The number of rotatable bonds is 3. The van der Waals surface area contributed by atoms with Gasteiger partial charge in [0.15, 0.2) is 5.82 Å². The number of nitrogens with zero attached hydrogens (tertiary/aromatic N) is 6. The maximum absolute atomic E-state index is 15.3. The van der Waals surface area contributed by atoms with Gasteiger partial charge in [-0.3, -0.25) is 13.8 Å². The molecule has 172 valence electrons. The van der Waals surface area contributed by atoms with E-state index in [0.29, 0.717) is 28.8 Å². The molecule has 0 saturated carbocycles. The molecule has 10 heteroatoms. The number of imidazole rings is 1. The second-order valence-electron chi connectivity index (χ2n) is 8.42. The lowest BCUT2D eigenvalue weighted by Gasteiger charge is -2.20. The van der Waals surface area contributed by atoms with E-state index in [2.05, 4.69) is 10.4 Å². The molecule has 34 heavy (non-hydrogen) atoms. The maximum atomic E-state index is 15.3. The SMILES string of the molecule is C[C@@H]1NCCc2nn(-c3ccc(F)cc3)c(-n3ccn(-c4ccc5c(cnn5C)c4F)c3=O)c21. The van der Waals surface area contributed by atoms with Crippen molar-refractivity contribution in [2.75, 3.05) is 6.54 Å². The Morgan fingerprint density at radius 1 is 1.06 bits per heavy atom. The van der Waals surface area contributed by atoms with Gasteiger partial charge < -0.3 is 5.32 Å². The molecular formula is C24H21F2N7O. The van der Waals surface area contributed by atoms with Crippen molar-refractivity contribution in [3.63, 3.8) is 0 Å². The van der Waals surface area contributed by atoms with Crippen molar-refractivity contribution in [3.05, 3.63) is 88.4 Å². The van der Waals surface area contributed by atoms with Gasteiger partial charge in [0.2, 0.25) is 0 Å². The van der Waals surface area contributed by atoms with E-state index in [-0.39, 0.29) is 17.5 Å². The molecule has 5 aromatic rings. The average Bonchev–Trinajstić information content (AvgIpc) is 3.51. The number of aromatic nitrogens is 6. The van der Waals surface area contributed by atoms with Crippen LogP contribution in [0.5, 0.6) is 0 Å². The first-order valence-corrected chi connectivity index (χ1v) is 11.0. The van der Waals surface area contributed by atoms with Crippen LogP contribution in [0.2, 0.25) is 0 Å². The summed E-state index contributed by atoms with van der Waals surface area (Å²) in [6, 6.07) is 9.21. The van der Waals surface area contributed by atoms with Crippen LogP contribution in [0.4, 0.5) is 8.78 Å². The summed E-state index contributed by atoms with van der Waals surface area (Å²) in [7, 11) is 1.74. The second-order valence-corrected chi connectivity index (χ2v) is 8.42. The molecule has 0 saturated heterocycles. The van der Waals surface area contributed by atoms with Crippen molar-refractivity contribution in [1.82, 2.24) is 34.0 Å². The smallest absolute Gasteiger partial charge is 0.310 e. The van der Waals surface area contributed by atoms with E-state index in [1.165, 1.54) is 33.7 Å². The average molecular weight is 461 g/mol. The maximum Gasteiger partial charge on any atom is 0.338 e. The highest BCUT2D eigenvalue weighted by atomic mass is 19.1. The standard InChI is InChI=1S/C24H21F2N7O/c1-14-21-18(9-10-27-14)29-33(16-5-3-15(25)4-6-16)23(21)32-12-11-31(24(32)34)20-8-7-19-17(22(20)26)13-28-30(19)2/h3-8,11-14,27H,9-10H2,1-2H3/t14-/m0/s1. The Kier molecular flexibility index (Phi) is 4.53. The molecule has 6 rings (SSSR count). The Morgan fingerprint density at radius 3 is 2.62 bits per heavy atom. The van der Waals surface area contributed by atoms with Gasteiger partial charge in [-0.15, -0.1) is 0 Å². The van der Waals surface area contributed by atoms with Crippen LogP contribution in [-0.4, -0.2) is 35.2 Å². The number of hydrogen-bond acceptors (Lipinski definition) is 4. The van der Waals surface area contributed by atoms with Crippen molar-refractivity contribution in [3.8, 4) is 17.2 Å². The van der Waals surface area contributed by atoms with Crippen molar-refractivity contribution in [2.45, 2.75) is 19.4 Å². The van der Waals surface area contributed by atoms with Crippen LogP contribution < -0.4 is 11.0 Å². The molecule has 1 aliphatic rings. The first-order valence-electron chi connectivity index (χ1n) is 11.0. The summed E-state index contributed by atoms with van der Waals surface area (Å²) in [5, 5.41) is 12.6. The highest BCUT2D eigenvalue weighted by Gasteiger charge is 2.29.